The van der Waals surface area contributed by atoms with Gasteiger partial charge in [0, 0.05) is 12.8 Å². The zero-order valence-corrected chi connectivity index (χ0v) is 14.5. The summed E-state index contributed by atoms with van der Waals surface area (Å²) in [4.78, 5) is 20.0. The summed E-state index contributed by atoms with van der Waals surface area (Å²) < 4.78 is 13.3. The fraction of sp³-hybridized carbons (Fsp3) is 0.533. The maximum Gasteiger partial charge on any atom is 0.303 e. The van der Waals surface area contributed by atoms with Gasteiger partial charge < -0.3 is 9.47 Å². The molecule has 0 aliphatic carbocycles. The molecule has 0 saturated carbocycles. The summed E-state index contributed by atoms with van der Waals surface area (Å²) in [7, 11) is 0. The van der Waals surface area contributed by atoms with E-state index in [1.54, 1.807) is 17.0 Å². The van der Waals surface area contributed by atoms with Crippen molar-refractivity contribution < 1.29 is 14.3 Å². The van der Waals surface area contributed by atoms with Gasteiger partial charge in [0.05, 0.1) is 17.5 Å². The number of aromatic nitrogens is 3. The molecule has 0 aromatic carbocycles. The zero-order valence-electron chi connectivity index (χ0n) is 13.0. The molecular weight excluding hydrogens is 341 g/mol. The van der Waals surface area contributed by atoms with Crippen molar-refractivity contribution in [3.63, 3.8) is 0 Å². The minimum Gasteiger partial charge on any atom is -0.457 e. The molecule has 4 atom stereocenters. The normalized spacial score (nSPS) is 27.5. The standard InChI is InChI=1S/C15H17Cl2N3O3/c1-4-10-7(2)13(22-8(3)21)15(23-10)20-6-18-12-9(16)5-11(17)19-14(12)20/h5-7,10,13,15H,4H2,1-3H3/t7-,10-,13-,15-/m1/s1. The van der Waals surface area contributed by atoms with Gasteiger partial charge in [0.1, 0.15) is 10.7 Å². The second-order valence-electron chi connectivity index (χ2n) is 5.66. The van der Waals surface area contributed by atoms with Gasteiger partial charge in [-0.05, 0) is 12.5 Å². The van der Waals surface area contributed by atoms with Crippen LogP contribution in [-0.4, -0.2) is 32.7 Å². The van der Waals surface area contributed by atoms with E-state index in [0.717, 1.165) is 6.42 Å². The first-order valence-electron chi connectivity index (χ1n) is 7.43. The van der Waals surface area contributed by atoms with Crippen molar-refractivity contribution in [3.8, 4) is 0 Å². The van der Waals surface area contributed by atoms with Crippen LogP contribution in [0, 0.1) is 5.92 Å². The third kappa shape index (κ3) is 2.91. The van der Waals surface area contributed by atoms with E-state index in [2.05, 4.69) is 9.97 Å². The monoisotopic (exact) mass is 357 g/mol. The molecule has 0 radical (unpaired) electrons. The van der Waals surface area contributed by atoms with Gasteiger partial charge in [0.2, 0.25) is 0 Å². The van der Waals surface area contributed by atoms with Crippen LogP contribution in [0.2, 0.25) is 10.2 Å². The Balaban J connectivity index is 2.06. The number of nitrogens with zero attached hydrogens (tertiary/aromatic N) is 3. The second kappa shape index (κ2) is 6.26. The lowest BCUT2D eigenvalue weighted by Gasteiger charge is -2.21. The predicted octanol–water partition coefficient (Wildman–Crippen LogP) is 3.61. The molecule has 23 heavy (non-hydrogen) atoms. The Bertz CT molecular complexity index is 749. The molecule has 6 nitrogen and oxygen atoms in total. The summed E-state index contributed by atoms with van der Waals surface area (Å²) in [5, 5.41) is 0.687. The van der Waals surface area contributed by atoms with Crippen LogP contribution >= 0.6 is 23.2 Å². The molecule has 0 amide bonds. The van der Waals surface area contributed by atoms with Crippen molar-refractivity contribution in [2.24, 2.45) is 5.92 Å². The van der Waals surface area contributed by atoms with Gasteiger partial charge in [0.25, 0.3) is 0 Å². The molecule has 1 aliphatic heterocycles. The first kappa shape index (κ1) is 16.5. The molecule has 2 aromatic heterocycles. The van der Waals surface area contributed by atoms with Gasteiger partial charge >= 0.3 is 5.97 Å². The van der Waals surface area contributed by atoms with E-state index in [-0.39, 0.29) is 23.1 Å². The highest BCUT2D eigenvalue weighted by molar-refractivity contribution is 6.37. The van der Waals surface area contributed by atoms with Crippen LogP contribution in [0.1, 0.15) is 33.4 Å². The maximum atomic E-state index is 11.5. The Morgan fingerprint density at radius 1 is 1.48 bits per heavy atom. The first-order chi connectivity index (χ1) is 10.9. The molecule has 3 rings (SSSR count). The Morgan fingerprint density at radius 2 is 2.22 bits per heavy atom. The van der Waals surface area contributed by atoms with Crippen molar-refractivity contribution in [1.29, 1.82) is 0 Å². The Morgan fingerprint density at radius 3 is 2.87 bits per heavy atom. The molecule has 0 N–H and O–H groups in total. The van der Waals surface area contributed by atoms with Crippen LogP contribution < -0.4 is 0 Å². The summed E-state index contributed by atoms with van der Waals surface area (Å²) in [5.41, 5.74) is 1.04. The zero-order chi connectivity index (χ0) is 16.7. The van der Waals surface area contributed by atoms with E-state index in [0.29, 0.717) is 16.2 Å². The number of hydrogen-bond donors (Lipinski definition) is 0. The number of halogens is 2. The molecule has 0 bridgehead atoms. The molecule has 124 valence electrons. The largest absolute Gasteiger partial charge is 0.457 e. The average Bonchev–Trinajstić information content (AvgIpc) is 3.01. The number of rotatable bonds is 3. The van der Waals surface area contributed by atoms with Gasteiger partial charge in [-0.1, -0.05) is 37.0 Å². The SMILES string of the molecule is CC[C@H]1O[C@@H](n2cnc3c(Cl)cc(Cl)nc32)[C@H](OC(C)=O)[C@@H]1C. The van der Waals surface area contributed by atoms with Crippen LogP contribution in [0.5, 0.6) is 0 Å². The number of fused-ring (bicyclic) bond motifs is 1. The topological polar surface area (TPSA) is 66.2 Å². The second-order valence-corrected chi connectivity index (χ2v) is 6.45. The Hall–Kier alpha value is -1.37. The third-order valence-electron chi connectivity index (χ3n) is 4.13. The fourth-order valence-corrected chi connectivity index (χ4v) is 3.51. The first-order valence-corrected chi connectivity index (χ1v) is 8.19. The maximum absolute atomic E-state index is 11.5. The summed E-state index contributed by atoms with van der Waals surface area (Å²) in [6.45, 7) is 5.43. The van der Waals surface area contributed by atoms with E-state index >= 15 is 0 Å². The van der Waals surface area contributed by atoms with Gasteiger partial charge in [-0.15, -0.1) is 0 Å². The van der Waals surface area contributed by atoms with E-state index in [9.17, 15) is 4.79 Å². The minimum atomic E-state index is -0.508. The highest BCUT2D eigenvalue weighted by atomic mass is 35.5. The molecular formula is C15H17Cl2N3O3. The number of hydrogen-bond acceptors (Lipinski definition) is 5. The van der Waals surface area contributed by atoms with E-state index in [4.69, 9.17) is 32.7 Å². The fourth-order valence-electron chi connectivity index (χ4n) is 3.03. The van der Waals surface area contributed by atoms with Crippen molar-refractivity contribution in [2.75, 3.05) is 0 Å². The smallest absolute Gasteiger partial charge is 0.303 e. The van der Waals surface area contributed by atoms with Crippen LogP contribution in [0.15, 0.2) is 12.4 Å². The predicted molar refractivity (Wildman–Crippen MR) is 86.5 cm³/mol. The summed E-state index contributed by atoms with van der Waals surface area (Å²) in [6, 6.07) is 1.54. The molecule has 3 heterocycles. The summed E-state index contributed by atoms with van der Waals surface area (Å²) in [5.74, 6) is -0.290. The van der Waals surface area contributed by atoms with Crippen LogP contribution in [0.3, 0.4) is 0 Å². The Labute approximate surface area is 143 Å². The van der Waals surface area contributed by atoms with E-state index in [1.807, 2.05) is 13.8 Å². The van der Waals surface area contributed by atoms with Crippen LogP contribution in [0.25, 0.3) is 11.2 Å². The quantitative estimate of drug-likeness (QED) is 0.619. The van der Waals surface area contributed by atoms with Crippen LogP contribution in [0.4, 0.5) is 0 Å². The average molecular weight is 358 g/mol. The third-order valence-corrected chi connectivity index (χ3v) is 4.61. The van der Waals surface area contributed by atoms with Crippen molar-refractivity contribution >= 4 is 40.3 Å². The van der Waals surface area contributed by atoms with E-state index < -0.39 is 12.3 Å². The van der Waals surface area contributed by atoms with Gasteiger partial charge in [-0.3, -0.25) is 9.36 Å². The highest BCUT2D eigenvalue weighted by Gasteiger charge is 2.45. The number of carbonyl (C=O) groups is 1. The molecule has 0 spiro atoms. The molecule has 1 saturated heterocycles. The highest BCUT2D eigenvalue weighted by Crippen LogP contribution is 2.39. The van der Waals surface area contributed by atoms with Crippen molar-refractivity contribution in [1.82, 2.24) is 14.5 Å². The Kier molecular flexibility index (Phi) is 4.49. The molecule has 1 aliphatic rings. The molecule has 2 aromatic rings. The number of esters is 1. The lowest BCUT2D eigenvalue weighted by molar-refractivity contribution is -0.153. The summed E-state index contributed by atoms with van der Waals surface area (Å²) >= 11 is 12.2. The number of carbonyl (C=O) groups excluding carboxylic acids is 1. The lowest BCUT2D eigenvalue weighted by Crippen LogP contribution is -2.29. The van der Waals surface area contributed by atoms with Gasteiger partial charge in [0.15, 0.2) is 18.0 Å². The number of imidazole rings is 1. The molecule has 0 unspecified atom stereocenters. The molecule has 8 heteroatoms. The van der Waals surface area contributed by atoms with Crippen molar-refractivity contribution in [2.45, 2.75) is 45.6 Å². The minimum absolute atomic E-state index is 0.0172. The van der Waals surface area contributed by atoms with Crippen LogP contribution in [-0.2, 0) is 14.3 Å². The van der Waals surface area contributed by atoms with Gasteiger partial charge in [-0.25, -0.2) is 9.97 Å². The molecule has 1 fully saturated rings. The lowest BCUT2D eigenvalue weighted by atomic mass is 9.98. The van der Waals surface area contributed by atoms with Gasteiger partial charge in [-0.2, -0.15) is 0 Å². The number of pyridine rings is 1. The van der Waals surface area contributed by atoms with E-state index in [1.165, 1.54) is 6.92 Å². The number of ether oxygens (including phenoxy) is 2. The summed E-state index contributed by atoms with van der Waals surface area (Å²) in [6.07, 6.45) is 1.46. The van der Waals surface area contributed by atoms with Crippen molar-refractivity contribution in [3.05, 3.63) is 22.6 Å².